The quantitative estimate of drug-likeness (QED) is 0.569. The van der Waals surface area contributed by atoms with Gasteiger partial charge in [0.25, 0.3) is 0 Å². The van der Waals surface area contributed by atoms with Gasteiger partial charge in [-0.15, -0.1) is 0 Å². The van der Waals surface area contributed by atoms with Crippen molar-refractivity contribution in [3.05, 3.63) is 65.2 Å². The van der Waals surface area contributed by atoms with Crippen LogP contribution in [0.15, 0.2) is 53.4 Å². The first-order valence-corrected chi connectivity index (χ1v) is 13.7. The number of sulfonamides is 1. The normalized spacial score (nSPS) is 15.6. The maximum atomic E-state index is 13.5. The number of amides is 2. The van der Waals surface area contributed by atoms with E-state index in [0.717, 1.165) is 46.7 Å². The van der Waals surface area contributed by atoms with Gasteiger partial charge in [-0.25, -0.2) is 8.42 Å². The van der Waals surface area contributed by atoms with Crippen molar-refractivity contribution in [3.8, 4) is 0 Å². The van der Waals surface area contributed by atoms with Crippen LogP contribution in [-0.4, -0.2) is 55.1 Å². The Kier molecular flexibility index (Phi) is 9.08. The lowest BCUT2D eigenvalue weighted by Crippen LogP contribution is -2.52. The molecule has 1 saturated carbocycles. The van der Waals surface area contributed by atoms with Gasteiger partial charge in [0.05, 0.1) is 11.4 Å². The Morgan fingerprint density at radius 1 is 1.00 bits per heavy atom. The highest BCUT2D eigenvalue weighted by molar-refractivity contribution is 7.89. The Labute approximate surface area is 209 Å². The summed E-state index contributed by atoms with van der Waals surface area (Å²) in [6, 6.07) is 13.7. The van der Waals surface area contributed by atoms with Gasteiger partial charge in [0, 0.05) is 19.6 Å². The predicted molar refractivity (Wildman–Crippen MR) is 137 cm³/mol. The fourth-order valence-corrected chi connectivity index (χ4v) is 5.54. The van der Waals surface area contributed by atoms with E-state index in [9.17, 15) is 18.0 Å². The summed E-state index contributed by atoms with van der Waals surface area (Å²) in [5, 5.41) is 3.10. The van der Waals surface area contributed by atoms with Crippen LogP contribution in [-0.2, 0) is 26.2 Å². The van der Waals surface area contributed by atoms with E-state index >= 15 is 0 Å². The molecule has 3 rings (SSSR count). The van der Waals surface area contributed by atoms with Crippen molar-refractivity contribution in [2.24, 2.45) is 0 Å². The first-order chi connectivity index (χ1) is 16.6. The van der Waals surface area contributed by atoms with Gasteiger partial charge in [0.2, 0.25) is 21.8 Å². The van der Waals surface area contributed by atoms with Crippen molar-refractivity contribution in [1.29, 1.82) is 0 Å². The fraction of sp³-hybridized carbons (Fsp3) is 0.481. The van der Waals surface area contributed by atoms with Crippen LogP contribution in [0, 0.1) is 13.8 Å². The van der Waals surface area contributed by atoms with Gasteiger partial charge in [0.1, 0.15) is 6.04 Å². The molecule has 1 N–H and O–H groups in total. The van der Waals surface area contributed by atoms with Crippen molar-refractivity contribution in [2.45, 2.75) is 76.4 Å². The zero-order valence-electron chi connectivity index (χ0n) is 21.2. The van der Waals surface area contributed by atoms with Gasteiger partial charge < -0.3 is 10.2 Å². The molecule has 190 valence electrons. The van der Waals surface area contributed by atoms with Crippen LogP contribution in [0.5, 0.6) is 0 Å². The second kappa shape index (κ2) is 11.8. The van der Waals surface area contributed by atoms with Crippen LogP contribution in [0.2, 0.25) is 0 Å². The van der Waals surface area contributed by atoms with Crippen molar-refractivity contribution in [3.63, 3.8) is 0 Å². The Morgan fingerprint density at radius 2 is 1.66 bits per heavy atom. The monoisotopic (exact) mass is 499 g/mol. The van der Waals surface area contributed by atoms with Crippen molar-refractivity contribution in [2.75, 3.05) is 13.6 Å². The van der Waals surface area contributed by atoms with Crippen LogP contribution < -0.4 is 5.32 Å². The highest BCUT2D eigenvalue weighted by atomic mass is 32.2. The zero-order valence-corrected chi connectivity index (χ0v) is 22.0. The van der Waals surface area contributed by atoms with Gasteiger partial charge in [0.15, 0.2) is 0 Å². The van der Waals surface area contributed by atoms with E-state index in [0.29, 0.717) is 0 Å². The average Bonchev–Trinajstić information content (AvgIpc) is 2.83. The van der Waals surface area contributed by atoms with Crippen molar-refractivity contribution in [1.82, 2.24) is 14.5 Å². The minimum absolute atomic E-state index is 0.124. The summed E-state index contributed by atoms with van der Waals surface area (Å²) in [5.74, 6) is -0.627. The minimum atomic E-state index is -3.85. The number of nitrogens with one attached hydrogen (secondary N) is 1. The van der Waals surface area contributed by atoms with E-state index in [-0.39, 0.29) is 29.9 Å². The molecule has 8 heteroatoms. The van der Waals surface area contributed by atoms with Crippen LogP contribution in [0.1, 0.15) is 55.7 Å². The third-order valence-corrected chi connectivity index (χ3v) is 8.46. The summed E-state index contributed by atoms with van der Waals surface area (Å²) in [7, 11) is -2.45. The number of carbonyl (C=O) groups excluding carboxylic acids is 2. The number of benzene rings is 2. The molecule has 7 nitrogen and oxygen atoms in total. The van der Waals surface area contributed by atoms with Gasteiger partial charge in [-0.3, -0.25) is 9.59 Å². The van der Waals surface area contributed by atoms with Gasteiger partial charge in [-0.1, -0.05) is 66.8 Å². The molecular weight excluding hydrogens is 462 g/mol. The fourth-order valence-electron chi connectivity index (χ4n) is 4.42. The smallest absolute Gasteiger partial charge is 0.243 e. The second-order valence-corrected chi connectivity index (χ2v) is 11.6. The third kappa shape index (κ3) is 7.15. The van der Waals surface area contributed by atoms with Crippen molar-refractivity contribution < 1.29 is 18.0 Å². The molecule has 1 unspecified atom stereocenters. The molecule has 0 saturated heterocycles. The number of nitrogens with zero attached hydrogens (tertiary/aromatic N) is 2. The number of hydrogen-bond donors (Lipinski definition) is 1. The van der Waals surface area contributed by atoms with E-state index in [1.54, 1.807) is 19.1 Å². The predicted octanol–water partition coefficient (Wildman–Crippen LogP) is 3.79. The molecule has 35 heavy (non-hydrogen) atoms. The number of likely N-dealkylation sites (N-methyl/N-ethyl adjacent to an activating group) is 1. The molecule has 0 radical (unpaired) electrons. The number of carbonyl (C=O) groups is 2. The second-order valence-electron chi connectivity index (χ2n) is 9.60. The molecule has 1 fully saturated rings. The lowest BCUT2D eigenvalue weighted by atomic mass is 9.95. The summed E-state index contributed by atoms with van der Waals surface area (Å²) in [5.41, 5.74) is 2.89. The maximum absolute atomic E-state index is 13.5. The van der Waals surface area contributed by atoms with Gasteiger partial charge in [-0.05, 0) is 51.3 Å². The van der Waals surface area contributed by atoms with Crippen LogP contribution in [0.3, 0.4) is 0 Å². The molecule has 1 aliphatic rings. The van der Waals surface area contributed by atoms with E-state index in [1.165, 1.54) is 30.5 Å². The van der Waals surface area contributed by atoms with Crippen LogP contribution in [0.4, 0.5) is 0 Å². The average molecular weight is 500 g/mol. The van der Waals surface area contributed by atoms with Crippen LogP contribution >= 0.6 is 0 Å². The summed E-state index contributed by atoms with van der Waals surface area (Å²) < 4.78 is 27.1. The lowest BCUT2D eigenvalue weighted by molar-refractivity contribution is -0.141. The molecule has 0 aliphatic heterocycles. The molecule has 2 amide bonds. The van der Waals surface area contributed by atoms with E-state index < -0.39 is 22.0 Å². The van der Waals surface area contributed by atoms with E-state index in [4.69, 9.17) is 0 Å². The maximum Gasteiger partial charge on any atom is 0.243 e. The summed E-state index contributed by atoms with van der Waals surface area (Å²) in [6.07, 6.45) is 5.26. The van der Waals surface area contributed by atoms with Crippen molar-refractivity contribution >= 4 is 21.8 Å². The Balaban J connectivity index is 1.79. The largest absolute Gasteiger partial charge is 0.352 e. The highest BCUT2D eigenvalue weighted by Crippen LogP contribution is 2.19. The number of rotatable bonds is 9. The molecule has 0 aromatic heterocycles. The lowest BCUT2D eigenvalue weighted by Gasteiger charge is -2.32. The van der Waals surface area contributed by atoms with E-state index in [2.05, 4.69) is 5.32 Å². The first kappa shape index (κ1) is 26.9. The topological polar surface area (TPSA) is 86.8 Å². The van der Waals surface area contributed by atoms with Gasteiger partial charge in [-0.2, -0.15) is 4.31 Å². The Hall–Kier alpha value is -2.71. The zero-order chi connectivity index (χ0) is 25.6. The summed E-state index contributed by atoms with van der Waals surface area (Å²) in [4.78, 5) is 28.2. The first-order valence-electron chi connectivity index (χ1n) is 12.3. The number of hydrogen-bond acceptors (Lipinski definition) is 4. The molecule has 2 aromatic rings. The molecule has 0 bridgehead atoms. The minimum Gasteiger partial charge on any atom is -0.352 e. The van der Waals surface area contributed by atoms with Gasteiger partial charge >= 0.3 is 0 Å². The molecule has 0 spiro atoms. The Bertz CT molecular complexity index is 1130. The standard InChI is InChI=1S/C27H37N3O4S/c1-20-13-15-25(16-14-20)35(33,34)29(4)19-26(31)30(18-23-10-8-9-21(2)17-23)22(3)27(32)28-24-11-6-5-7-12-24/h8-10,13-17,22,24H,5-7,11-12,18-19H2,1-4H3,(H,28,32). The number of aryl methyl sites for hydroxylation is 2. The molecular formula is C27H37N3O4S. The van der Waals surface area contributed by atoms with E-state index in [1.807, 2.05) is 38.1 Å². The molecule has 0 heterocycles. The van der Waals surface area contributed by atoms with Crippen LogP contribution in [0.25, 0.3) is 0 Å². The molecule has 2 aromatic carbocycles. The molecule has 1 atom stereocenters. The highest BCUT2D eigenvalue weighted by Gasteiger charge is 2.31. The molecule has 1 aliphatic carbocycles. The summed E-state index contributed by atoms with van der Waals surface area (Å²) in [6.45, 7) is 5.42. The Morgan fingerprint density at radius 3 is 2.29 bits per heavy atom. The SMILES string of the molecule is Cc1ccc(S(=O)(=O)N(C)CC(=O)N(Cc2cccc(C)c2)C(C)C(=O)NC2CCCCC2)cc1. The third-order valence-electron chi connectivity index (χ3n) is 6.64. The summed E-state index contributed by atoms with van der Waals surface area (Å²) >= 11 is 0.